The fourth-order valence-corrected chi connectivity index (χ4v) is 1.88. The lowest BCUT2D eigenvalue weighted by Crippen LogP contribution is -2.45. The number of hydrogen-bond acceptors (Lipinski definition) is 5. The van der Waals surface area contributed by atoms with Gasteiger partial charge in [0.25, 0.3) is 5.91 Å². The van der Waals surface area contributed by atoms with Crippen LogP contribution in [0.3, 0.4) is 0 Å². The molecule has 9 heteroatoms. The van der Waals surface area contributed by atoms with E-state index in [4.69, 9.17) is 20.8 Å². The van der Waals surface area contributed by atoms with Crippen LogP contribution < -0.4 is 11.1 Å². The zero-order valence-corrected chi connectivity index (χ0v) is 13.6. The summed E-state index contributed by atoms with van der Waals surface area (Å²) in [6.07, 6.45) is -1.01. The van der Waals surface area contributed by atoms with Gasteiger partial charge in [0.2, 0.25) is 0 Å². The molecule has 0 saturated heterocycles. The SMILES string of the molecule is CN(C)C(=O)c1ccc(C[C@H](NC(=O)O)/C(N)=N/OCCO)cc1. The van der Waals surface area contributed by atoms with Crippen LogP contribution in [0.5, 0.6) is 0 Å². The summed E-state index contributed by atoms with van der Waals surface area (Å²) in [5.74, 6) is -0.181. The van der Waals surface area contributed by atoms with Crippen LogP contribution in [0.4, 0.5) is 4.79 Å². The van der Waals surface area contributed by atoms with Crippen LogP contribution in [-0.4, -0.2) is 66.3 Å². The van der Waals surface area contributed by atoms with Crippen molar-refractivity contribution in [3.05, 3.63) is 35.4 Å². The van der Waals surface area contributed by atoms with Gasteiger partial charge in [-0.25, -0.2) is 4.79 Å². The lowest BCUT2D eigenvalue weighted by Gasteiger charge is -2.16. The van der Waals surface area contributed by atoms with Gasteiger partial charge >= 0.3 is 6.09 Å². The Balaban J connectivity index is 2.84. The zero-order valence-electron chi connectivity index (χ0n) is 13.6. The summed E-state index contributed by atoms with van der Waals surface area (Å²) >= 11 is 0. The van der Waals surface area contributed by atoms with Crippen molar-refractivity contribution < 1.29 is 24.6 Å². The van der Waals surface area contributed by atoms with Gasteiger partial charge in [0.05, 0.1) is 12.6 Å². The molecule has 0 unspecified atom stereocenters. The maximum atomic E-state index is 11.8. The van der Waals surface area contributed by atoms with Crippen molar-refractivity contribution in [1.82, 2.24) is 10.2 Å². The van der Waals surface area contributed by atoms with Crippen molar-refractivity contribution in [2.45, 2.75) is 12.5 Å². The number of carbonyl (C=O) groups excluding carboxylic acids is 1. The van der Waals surface area contributed by atoms with Gasteiger partial charge in [0.15, 0.2) is 5.84 Å². The van der Waals surface area contributed by atoms with E-state index in [1.54, 1.807) is 38.4 Å². The van der Waals surface area contributed by atoms with Crippen LogP contribution in [0.2, 0.25) is 0 Å². The van der Waals surface area contributed by atoms with Gasteiger partial charge in [0.1, 0.15) is 6.61 Å². The average Bonchev–Trinajstić information content (AvgIpc) is 2.54. The predicted octanol–water partition coefficient (Wildman–Crippen LogP) is -0.152. The van der Waals surface area contributed by atoms with Gasteiger partial charge in [-0.3, -0.25) is 4.79 Å². The second-order valence-electron chi connectivity index (χ2n) is 5.18. The van der Waals surface area contributed by atoms with E-state index in [9.17, 15) is 9.59 Å². The second kappa shape index (κ2) is 9.36. The quantitative estimate of drug-likeness (QED) is 0.225. The number of carboxylic acid groups (broad SMARTS) is 1. The molecule has 2 amide bonds. The summed E-state index contributed by atoms with van der Waals surface area (Å²) in [6, 6.07) is 5.96. The molecule has 0 aliphatic rings. The van der Waals surface area contributed by atoms with E-state index < -0.39 is 12.1 Å². The van der Waals surface area contributed by atoms with Crippen molar-refractivity contribution in [1.29, 1.82) is 0 Å². The highest BCUT2D eigenvalue weighted by Crippen LogP contribution is 2.09. The number of benzene rings is 1. The number of amides is 2. The monoisotopic (exact) mass is 338 g/mol. The van der Waals surface area contributed by atoms with E-state index in [0.29, 0.717) is 5.56 Å². The smallest absolute Gasteiger partial charge is 0.405 e. The van der Waals surface area contributed by atoms with E-state index in [1.807, 2.05) is 0 Å². The second-order valence-corrected chi connectivity index (χ2v) is 5.18. The third kappa shape index (κ3) is 6.13. The lowest BCUT2D eigenvalue weighted by molar-refractivity contribution is 0.0827. The van der Waals surface area contributed by atoms with Gasteiger partial charge in [0, 0.05) is 26.1 Å². The molecule has 0 aliphatic carbocycles. The Morgan fingerprint density at radius 3 is 2.46 bits per heavy atom. The van der Waals surface area contributed by atoms with E-state index >= 15 is 0 Å². The number of aliphatic hydroxyl groups excluding tert-OH is 1. The molecule has 9 nitrogen and oxygen atoms in total. The van der Waals surface area contributed by atoms with E-state index in [-0.39, 0.29) is 31.4 Å². The molecular weight excluding hydrogens is 316 g/mol. The van der Waals surface area contributed by atoms with Crippen molar-refractivity contribution >= 4 is 17.8 Å². The Labute approximate surface area is 139 Å². The Bertz CT molecular complexity index is 586. The number of carbonyl (C=O) groups is 2. The first kappa shape index (κ1) is 19.2. The van der Waals surface area contributed by atoms with Crippen LogP contribution in [-0.2, 0) is 11.3 Å². The van der Waals surface area contributed by atoms with Crippen LogP contribution in [0.1, 0.15) is 15.9 Å². The summed E-state index contributed by atoms with van der Waals surface area (Å²) in [5.41, 5.74) is 7.02. The summed E-state index contributed by atoms with van der Waals surface area (Å²) in [6.45, 7) is -0.267. The summed E-state index contributed by atoms with van der Waals surface area (Å²) in [4.78, 5) is 29.0. The number of nitrogens with one attached hydrogen (secondary N) is 1. The van der Waals surface area contributed by atoms with Crippen molar-refractivity contribution in [2.75, 3.05) is 27.3 Å². The number of rotatable bonds is 8. The van der Waals surface area contributed by atoms with E-state index in [2.05, 4.69) is 10.5 Å². The summed E-state index contributed by atoms with van der Waals surface area (Å²) in [7, 11) is 3.32. The third-order valence-corrected chi connectivity index (χ3v) is 3.05. The number of aliphatic hydroxyl groups is 1. The van der Waals surface area contributed by atoms with Gasteiger partial charge in [-0.1, -0.05) is 17.3 Å². The first-order chi connectivity index (χ1) is 11.3. The first-order valence-electron chi connectivity index (χ1n) is 7.21. The molecule has 1 rings (SSSR count). The fourth-order valence-electron chi connectivity index (χ4n) is 1.88. The van der Waals surface area contributed by atoms with Crippen LogP contribution >= 0.6 is 0 Å². The Kier molecular flexibility index (Phi) is 7.50. The maximum Gasteiger partial charge on any atom is 0.405 e. The molecule has 0 bridgehead atoms. The Hall–Kier alpha value is -2.81. The number of hydrogen-bond donors (Lipinski definition) is 4. The molecule has 24 heavy (non-hydrogen) atoms. The molecule has 0 fully saturated rings. The molecule has 1 atom stereocenters. The standard InChI is InChI=1S/C15H22N4O5/c1-19(2)14(21)11-5-3-10(4-6-11)9-12(17-15(22)23)13(16)18-24-8-7-20/h3-6,12,17,20H,7-9H2,1-2H3,(H2,16,18)(H,22,23)/t12-/m0/s1. The molecule has 132 valence electrons. The first-order valence-corrected chi connectivity index (χ1v) is 7.21. The number of oxime groups is 1. The average molecular weight is 338 g/mol. The molecule has 1 aromatic rings. The van der Waals surface area contributed by atoms with Crippen molar-refractivity contribution in [3.63, 3.8) is 0 Å². The van der Waals surface area contributed by atoms with Crippen molar-refractivity contribution in [3.8, 4) is 0 Å². The highest BCUT2D eigenvalue weighted by atomic mass is 16.6. The topological polar surface area (TPSA) is 137 Å². The van der Waals surface area contributed by atoms with Gasteiger partial charge in [-0.15, -0.1) is 0 Å². The summed E-state index contributed by atoms with van der Waals surface area (Å²) < 4.78 is 0. The van der Waals surface area contributed by atoms with Gasteiger partial charge in [-0.05, 0) is 17.7 Å². The number of nitrogens with zero attached hydrogens (tertiary/aromatic N) is 2. The predicted molar refractivity (Wildman–Crippen MR) is 87.8 cm³/mol. The Morgan fingerprint density at radius 2 is 1.96 bits per heavy atom. The lowest BCUT2D eigenvalue weighted by atomic mass is 10.0. The van der Waals surface area contributed by atoms with Gasteiger partial charge in [-0.2, -0.15) is 0 Å². The zero-order chi connectivity index (χ0) is 18.1. The fraction of sp³-hybridized carbons (Fsp3) is 0.400. The highest BCUT2D eigenvalue weighted by molar-refractivity contribution is 5.94. The van der Waals surface area contributed by atoms with Crippen LogP contribution in [0.25, 0.3) is 0 Å². The van der Waals surface area contributed by atoms with Crippen LogP contribution in [0.15, 0.2) is 29.4 Å². The van der Waals surface area contributed by atoms with Crippen molar-refractivity contribution in [2.24, 2.45) is 10.9 Å². The minimum atomic E-state index is -1.25. The normalized spacial score (nSPS) is 12.4. The molecule has 5 N–H and O–H groups in total. The number of amidine groups is 1. The minimum absolute atomic E-state index is 0.0398. The third-order valence-electron chi connectivity index (χ3n) is 3.05. The minimum Gasteiger partial charge on any atom is -0.465 e. The van der Waals surface area contributed by atoms with Crippen LogP contribution in [0, 0.1) is 0 Å². The maximum absolute atomic E-state index is 11.8. The molecule has 1 aromatic carbocycles. The van der Waals surface area contributed by atoms with Gasteiger partial charge < -0.3 is 31.0 Å². The molecule has 0 spiro atoms. The summed E-state index contributed by atoms with van der Waals surface area (Å²) in [5, 5.41) is 23.4. The number of nitrogens with two attached hydrogens (primary N) is 1. The molecule has 0 aliphatic heterocycles. The molecular formula is C15H22N4O5. The molecule has 0 aromatic heterocycles. The van der Waals surface area contributed by atoms with E-state index in [1.165, 1.54) is 4.90 Å². The Morgan fingerprint density at radius 1 is 1.33 bits per heavy atom. The largest absolute Gasteiger partial charge is 0.465 e. The molecule has 0 saturated carbocycles. The van der Waals surface area contributed by atoms with E-state index in [0.717, 1.165) is 5.56 Å². The molecule has 0 radical (unpaired) electrons. The molecule has 0 heterocycles. The highest BCUT2D eigenvalue weighted by Gasteiger charge is 2.18.